The number of rotatable bonds is 2. The predicted molar refractivity (Wildman–Crippen MR) is 57.2 cm³/mol. The summed E-state index contributed by atoms with van der Waals surface area (Å²) in [5.74, 6) is -0.896. The van der Waals surface area contributed by atoms with E-state index in [2.05, 4.69) is 18.9 Å². The van der Waals surface area contributed by atoms with Crippen molar-refractivity contribution in [3.05, 3.63) is 24.8 Å². The normalized spacial score (nSPS) is 9.36. The average molecular weight is 198 g/mol. The van der Waals surface area contributed by atoms with Crippen molar-refractivity contribution in [1.29, 1.82) is 0 Å². The number of amides is 2. The zero-order valence-electron chi connectivity index (χ0n) is 8.96. The van der Waals surface area contributed by atoms with Gasteiger partial charge in [0, 0.05) is 5.57 Å². The smallest absolute Gasteiger partial charge is 0.244 e. The second-order valence-electron chi connectivity index (χ2n) is 3.70. The fourth-order valence-electron chi connectivity index (χ4n) is 0.370. The number of carbonyl (C=O) groups is 2. The largest absolute Gasteiger partial charge is 0.366 e. The van der Waals surface area contributed by atoms with Gasteiger partial charge < -0.3 is 11.5 Å². The molecule has 80 valence electrons. The third kappa shape index (κ3) is 8.52. The molecule has 0 aromatic carbocycles. The minimum absolute atomic E-state index is 0.189. The van der Waals surface area contributed by atoms with E-state index in [-0.39, 0.29) is 5.41 Å². The molecule has 14 heavy (non-hydrogen) atoms. The van der Waals surface area contributed by atoms with E-state index in [1.54, 1.807) is 0 Å². The van der Waals surface area contributed by atoms with Crippen LogP contribution >= 0.6 is 0 Å². The molecule has 0 spiro atoms. The number of carbonyl (C=O) groups excluding carboxylic acids is 2. The van der Waals surface area contributed by atoms with Crippen LogP contribution in [0.1, 0.15) is 20.8 Å². The van der Waals surface area contributed by atoms with Crippen LogP contribution in [0.25, 0.3) is 0 Å². The molecule has 0 fully saturated rings. The van der Waals surface area contributed by atoms with Crippen LogP contribution in [0.5, 0.6) is 0 Å². The zero-order chi connectivity index (χ0) is 11.9. The van der Waals surface area contributed by atoms with E-state index in [0.717, 1.165) is 6.08 Å². The van der Waals surface area contributed by atoms with E-state index in [9.17, 15) is 9.59 Å². The van der Waals surface area contributed by atoms with Crippen LogP contribution in [0.3, 0.4) is 0 Å². The Morgan fingerprint density at radius 2 is 1.50 bits per heavy atom. The zero-order valence-corrected chi connectivity index (χ0v) is 8.96. The van der Waals surface area contributed by atoms with Crippen LogP contribution in [0, 0.1) is 5.41 Å². The highest BCUT2D eigenvalue weighted by molar-refractivity contribution is 5.92. The molecule has 4 N–H and O–H groups in total. The first-order valence-corrected chi connectivity index (χ1v) is 4.04. The summed E-state index contributed by atoms with van der Waals surface area (Å²) in [6.07, 6.45) is 1.06. The van der Waals surface area contributed by atoms with Gasteiger partial charge in [-0.2, -0.15) is 0 Å². The molecule has 0 aromatic rings. The lowest BCUT2D eigenvalue weighted by molar-refractivity contribution is -0.115. The molecule has 4 nitrogen and oxygen atoms in total. The fourth-order valence-corrected chi connectivity index (χ4v) is 0.370. The van der Waals surface area contributed by atoms with Crippen molar-refractivity contribution >= 4 is 11.8 Å². The summed E-state index contributed by atoms with van der Waals surface area (Å²) in [5.41, 5.74) is 9.80. The maximum absolute atomic E-state index is 10.5. The summed E-state index contributed by atoms with van der Waals surface area (Å²) in [4.78, 5) is 19.9. The van der Waals surface area contributed by atoms with Crippen LogP contribution in [0.2, 0.25) is 0 Å². The molecule has 0 aliphatic heterocycles. The Morgan fingerprint density at radius 1 is 1.21 bits per heavy atom. The summed E-state index contributed by atoms with van der Waals surface area (Å²) in [7, 11) is 0. The first-order valence-electron chi connectivity index (χ1n) is 4.04. The van der Waals surface area contributed by atoms with Crippen molar-refractivity contribution < 1.29 is 9.59 Å². The number of hydrogen-bond acceptors (Lipinski definition) is 2. The molecule has 0 unspecified atom stereocenters. The van der Waals surface area contributed by atoms with Gasteiger partial charge in [0.25, 0.3) is 0 Å². The van der Waals surface area contributed by atoms with Crippen LogP contribution in [-0.4, -0.2) is 11.8 Å². The van der Waals surface area contributed by atoms with Crippen molar-refractivity contribution in [1.82, 2.24) is 0 Å². The summed E-state index contributed by atoms with van der Waals surface area (Å²) in [5, 5.41) is 0. The SMILES string of the molecule is C=C(C(N)=O)C(C)(C)C.C=CC(N)=O. The third-order valence-corrected chi connectivity index (χ3v) is 1.40. The van der Waals surface area contributed by atoms with Gasteiger partial charge in [-0.25, -0.2) is 0 Å². The van der Waals surface area contributed by atoms with Gasteiger partial charge in [0.2, 0.25) is 11.8 Å². The first kappa shape index (κ1) is 14.9. The van der Waals surface area contributed by atoms with Gasteiger partial charge in [-0.3, -0.25) is 9.59 Å². The minimum Gasteiger partial charge on any atom is -0.366 e. The lowest BCUT2D eigenvalue weighted by atomic mass is 9.87. The highest BCUT2D eigenvalue weighted by atomic mass is 16.1. The van der Waals surface area contributed by atoms with E-state index >= 15 is 0 Å². The van der Waals surface area contributed by atoms with E-state index in [1.165, 1.54) is 0 Å². The summed E-state index contributed by atoms with van der Waals surface area (Å²) >= 11 is 0. The molecule has 0 rings (SSSR count). The minimum atomic E-state index is -0.481. The quantitative estimate of drug-likeness (QED) is 0.641. The van der Waals surface area contributed by atoms with Crippen LogP contribution in [0.4, 0.5) is 0 Å². The molecule has 0 bridgehead atoms. The van der Waals surface area contributed by atoms with Gasteiger partial charge in [0.05, 0.1) is 0 Å². The maximum Gasteiger partial charge on any atom is 0.244 e. The van der Waals surface area contributed by atoms with Gasteiger partial charge in [0.1, 0.15) is 0 Å². The average Bonchev–Trinajstić information content (AvgIpc) is 2.02. The second kappa shape index (κ2) is 5.96. The summed E-state index contributed by atoms with van der Waals surface area (Å²) in [6.45, 7) is 12.3. The van der Waals surface area contributed by atoms with E-state index in [0.29, 0.717) is 5.57 Å². The Labute approximate surface area is 84.7 Å². The molecule has 0 aromatic heterocycles. The third-order valence-electron chi connectivity index (χ3n) is 1.40. The fraction of sp³-hybridized carbons (Fsp3) is 0.400. The number of nitrogens with two attached hydrogens (primary N) is 2. The van der Waals surface area contributed by atoms with E-state index < -0.39 is 11.8 Å². The van der Waals surface area contributed by atoms with E-state index in [4.69, 9.17) is 5.73 Å². The van der Waals surface area contributed by atoms with Gasteiger partial charge in [-0.1, -0.05) is 33.9 Å². The summed E-state index contributed by atoms with van der Waals surface area (Å²) in [6, 6.07) is 0. The molecule has 0 aliphatic rings. The number of hydrogen-bond donors (Lipinski definition) is 2. The van der Waals surface area contributed by atoms with Gasteiger partial charge >= 0.3 is 0 Å². The van der Waals surface area contributed by atoms with Gasteiger partial charge in [-0.05, 0) is 11.5 Å². The Hall–Kier alpha value is -1.58. The Kier molecular flexibility index (Phi) is 6.35. The molecule has 0 saturated heterocycles. The van der Waals surface area contributed by atoms with Gasteiger partial charge in [-0.15, -0.1) is 0 Å². The predicted octanol–water partition coefficient (Wildman–Crippen LogP) is 0.732. The monoisotopic (exact) mass is 198 g/mol. The lowest BCUT2D eigenvalue weighted by Gasteiger charge is -2.17. The summed E-state index contributed by atoms with van der Waals surface area (Å²) < 4.78 is 0. The van der Waals surface area contributed by atoms with Crippen molar-refractivity contribution in [2.45, 2.75) is 20.8 Å². The second-order valence-corrected chi connectivity index (χ2v) is 3.70. The molecule has 0 atom stereocenters. The first-order chi connectivity index (χ1) is 6.12. The molecule has 0 radical (unpaired) electrons. The lowest BCUT2D eigenvalue weighted by Crippen LogP contribution is -2.23. The molecule has 4 heteroatoms. The Balaban J connectivity index is 0. The highest BCUT2D eigenvalue weighted by Crippen LogP contribution is 2.22. The van der Waals surface area contributed by atoms with Crippen molar-refractivity contribution in [2.75, 3.05) is 0 Å². The molecule has 0 saturated carbocycles. The Bertz CT molecular complexity index is 249. The van der Waals surface area contributed by atoms with Crippen LogP contribution in [0.15, 0.2) is 24.8 Å². The van der Waals surface area contributed by atoms with Crippen LogP contribution < -0.4 is 11.5 Å². The van der Waals surface area contributed by atoms with Crippen molar-refractivity contribution in [3.63, 3.8) is 0 Å². The van der Waals surface area contributed by atoms with E-state index in [1.807, 2.05) is 20.8 Å². The molecular formula is C10H18N2O2. The molecular weight excluding hydrogens is 180 g/mol. The van der Waals surface area contributed by atoms with Crippen LogP contribution in [-0.2, 0) is 9.59 Å². The van der Waals surface area contributed by atoms with Crippen molar-refractivity contribution in [2.24, 2.45) is 16.9 Å². The molecule has 0 heterocycles. The van der Waals surface area contributed by atoms with Gasteiger partial charge in [0.15, 0.2) is 0 Å². The van der Waals surface area contributed by atoms with Crippen molar-refractivity contribution in [3.8, 4) is 0 Å². The standard InChI is InChI=1S/C7H13NO.C3H5NO/c1-5(6(8)9)7(2,3)4;1-2-3(4)5/h1H2,2-4H3,(H2,8,9);2H,1H2,(H2,4,5). The maximum atomic E-state index is 10.5. The Morgan fingerprint density at radius 3 is 1.50 bits per heavy atom. The highest BCUT2D eigenvalue weighted by Gasteiger charge is 2.18. The topological polar surface area (TPSA) is 86.2 Å². The molecule has 2 amide bonds. The number of primary amides is 2. The molecule has 0 aliphatic carbocycles.